The summed E-state index contributed by atoms with van der Waals surface area (Å²) in [5, 5.41) is 0. The summed E-state index contributed by atoms with van der Waals surface area (Å²) in [6.45, 7) is 7.74. The van der Waals surface area contributed by atoms with Crippen LogP contribution >= 0.6 is 15.9 Å². The molecule has 0 amide bonds. The molecule has 1 aromatic rings. The van der Waals surface area contributed by atoms with Crippen LogP contribution in [0, 0.1) is 12.7 Å². The van der Waals surface area contributed by atoms with Gasteiger partial charge in [-0.15, -0.1) is 0 Å². The van der Waals surface area contributed by atoms with Crippen LogP contribution in [0.5, 0.6) is 0 Å². The van der Waals surface area contributed by atoms with Gasteiger partial charge in [-0.05, 0) is 66.4 Å². The third-order valence-corrected chi connectivity index (χ3v) is 5.42. The highest BCUT2D eigenvalue weighted by Gasteiger charge is 2.36. The molecule has 2 heterocycles. The quantitative estimate of drug-likeness (QED) is 0.803. The lowest BCUT2D eigenvalue weighted by Gasteiger charge is -2.45. The molecule has 110 valence electrons. The fourth-order valence-electron chi connectivity index (χ4n) is 3.68. The molecule has 1 aromatic carbocycles. The van der Waals surface area contributed by atoms with Gasteiger partial charge in [0, 0.05) is 30.9 Å². The van der Waals surface area contributed by atoms with Gasteiger partial charge in [-0.2, -0.15) is 0 Å². The molecule has 0 N–H and O–H groups in total. The first-order valence-electron chi connectivity index (χ1n) is 7.56. The number of anilines is 1. The van der Waals surface area contributed by atoms with Crippen molar-refractivity contribution in [1.29, 1.82) is 0 Å². The van der Waals surface area contributed by atoms with Crippen LogP contribution in [0.1, 0.15) is 31.7 Å². The SMILES string of the molecule is CCC1CN2CCCC2CN1c1cc(Br)c(F)cc1C. The number of fused-ring (bicyclic) bond motifs is 1. The highest BCUT2D eigenvalue weighted by atomic mass is 79.9. The standard InChI is InChI=1S/C16H22BrFN2/c1-3-12-9-19-6-4-5-13(19)10-20(12)16-8-14(17)15(18)7-11(16)2/h7-8,12-13H,3-6,9-10H2,1-2H3. The van der Waals surface area contributed by atoms with Gasteiger partial charge in [0.25, 0.3) is 0 Å². The Morgan fingerprint density at radius 2 is 2.15 bits per heavy atom. The summed E-state index contributed by atoms with van der Waals surface area (Å²) in [5.41, 5.74) is 2.23. The lowest BCUT2D eigenvalue weighted by Crippen LogP contribution is -2.56. The van der Waals surface area contributed by atoms with E-state index in [1.165, 1.54) is 25.1 Å². The molecular formula is C16H22BrFN2. The number of aryl methyl sites for hydroxylation is 1. The van der Waals surface area contributed by atoms with Crippen molar-refractivity contribution in [2.75, 3.05) is 24.5 Å². The molecule has 0 bridgehead atoms. The van der Waals surface area contributed by atoms with Crippen molar-refractivity contribution in [3.8, 4) is 0 Å². The van der Waals surface area contributed by atoms with E-state index in [1.54, 1.807) is 6.07 Å². The number of rotatable bonds is 2. The molecule has 20 heavy (non-hydrogen) atoms. The molecule has 2 aliphatic rings. The zero-order valence-corrected chi connectivity index (χ0v) is 13.8. The van der Waals surface area contributed by atoms with Crippen LogP contribution in [0.2, 0.25) is 0 Å². The van der Waals surface area contributed by atoms with Gasteiger partial charge in [-0.3, -0.25) is 4.90 Å². The summed E-state index contributed by atoms with van der Waals surface area (Å²) < 4.78 is 14.2. The van der Waals surface area contributed by atoms with E-state index in [1.807, 2.05) is 13.0 Å². The van der Waals surface area contributed by atoms with Gasteiger partial charge < -0.3 is 4.90 Å². The normalized spacial score (nSPS) is 26.9. The van der Waals surface area contributed by atoms with Crippen LogP contribution in [-0.2, 0) is 0 Å². The average Bonchev–Trinajstić information content (AvgIpc) is 2.88. The molecule has 2 atom stereocenters. The van der Waals surface area contributed by atoms with Gasteiger partial charge in [0.1, 0.15) is 5.82 Å². The number of halogens is 2. The van der Waals surface area contributed by atoms with E-state index in [9.17, 15) is 4.39 Å². The number of piperazine rings is 1. The maximum absolute atomic E-state index is 13.6. The first-order chi connectivity index (χ1) is 9.60. The van der Waals surface area contributed by atoms with E-state index in [0.717, 1.165) is 25.1 Å². The molecule has 2 unspecified atom stereocenters. The summed E-state index contributed by atoms with van der Waals surface area (Å²) in [7, 11) is 0. The molecule has 3 rings (SSSR count). The molecule has 2 fully saturated rings. The van der Waals surface area contributed by atoms with Crippen LogP contribution in [0.15, 0.2) is 16.6 Å². The van der Waals surface area contributed by atoms with Crippen molar-refractivity contribution < 1.29 is 4.39 Å². The highest BCUT2D eigenvalue weighted by Crippen LogP contribution is 2.34. The summed E-state index contributed by atoms with van der Waals surface area (Å²) in [5.74, 6) is -0.168. The molecule has 0 aromatic heterocycles. The minimum Gasteiger partial charge on any atom is -0.365 e. The molecule has 0 spiro atoms. The second-order valence-electron chi connectivity index (χ2n) is 6.06. The van der Waals surface area contributed by atoms with Gasteiger partial charge in [0.05, 0.1) is 4.47 Å². The van der Waals surface area contributed by atoms with Crippen molar-refractivity contribution >= 4 is 21.6 Å². The average molecular weight is 341 g/mol. The van der Waals surface area contributed by atoms with Crippen molar-refractivity contribution in [3.05, 3.63) is 28.0 Å². The van der Waals surface area contributed by atoms with E-state index in [0.29, 0.717) is 16.6 Å². The molecule has 4 heteroatoms. The Labute approximate surface area is 129 Å². The van der Waals surface area contributed by atoms with Crippen molar-refractivity contribution in [2.24, 2.45) is 0 Å². The van der Waals surface area contributed by atoms with Crippen molar-refractivity contribution in [2.45, 2.75) is 45.2 Å². The highest BCUT2D eigenvalue weighted by molar-refractivity contribution is 9.10. The second kappa shape index (κ2) is 5.64. The molecule has 0 radical (unpaired) electrons. The van der Waals surface area contributed by atoms with Crippen LogP contribution < -0.4 is 4.90 Å². The minimum atomic E-state index is -0.168. The zero-order valence-electron chi connectivity index (χ0n) is 12.2. The number of benzene rings is 1. The van der Waals surface area contributed by atoms with Gasteiger partial charge in [0.2, 0.25) is 0 Å². The van der Waals surface area contributed by atoms with Gasteiger partial charge >= 0.3 is 0 Å². The summed E-state index contributed by atoms with van der Waals surface area (Å²) in [4.78, 5) is 5.14. The third-order valence-electron chi connectivity index (χ3n) is 4.81. The largest absolute Gasteiger partial charge is 0.365 e. The van der Waals surface area contributed by atoms with E-state index < -0.39 is 0 Å². The predicted octanol–water partition coefficient (Wildman–Crippen LogP) is 3.96. The minimum absolute atomic E-state index is 0.168. The fraction of sp³-hybridized carbons (Fsp3) is 0.625. The predicted molar refractivity (Wildman–Crippen MR) is 84.9 cm³/mol. The maximum atomic E-state index is 13.6. The molecular weight excluding hydrogens is 319 g/mol. The molecule has 2 saturated heterocycles. The summed E-state index contributed by atoms with van der Waals surface area (Å²) in [6, 6.07) is 4.83. The molecule has 2 aliphatic heterocycles. The molecule has 2 nitrogen and oxygen atoms in total. The van der Waals surface area contributed by atoms with Gasteiger partial charge in [-0.1, -0.05) is 6.92 Å². The summed E-state index contributed by atoms with van der Waals surface area (Å²) in [6.07, 6.45) is 3.76. The third kappa shape index (κ3) is 2.48. The number of hydrogen-bond acceptors (Lipinski definition) is 2. The lowest BCUT2D eigenvalue weighted by atomic mass is 10.0. The van der Waals surface area contributed by atoms with Crippen LogP contribution in [0.3, 0.4) is 0 Å². The van der Waals surface area contributed by atoms with Crippen LogP contribution in [0.25, 0.3) is 0 Å². The Morgan fingerprint density at radius 3 is 2.90 bits per heavy atom. The Kier molecular flexibility index (Phi) is 4.04. The van der Waals surface area contributed by atoms with Crippen LogP contribution in [-0.4, -0.2) is 36.6 Å². The number of nitrogens with zero attached hydrogens (tertiary/aromatic N) is 2. The Balaban J connectivity index is 1.92. The smallest absolute Gasteiger partial charge is 0.137 e. The van der Waals surface area contributed by atoms with Gasteiger partial charge in [-0.25, -0.2) is 4.39 Å². The molecule has 0 aliphatic carbocycles. The first-order valence-corrected chi connectivity index (χ1v) is 8.35. The zero-order chi connectivity index (χ0) is 14.3. The molecule has 0 saturated carbocycles. The van der Waals surface area contributed by atoms with E-state index in [-0.39, 0.29) is 5.82 Å². The Morgan fingerprint density at radius 1 is 1.35 bits per heavy atom. The van der Waals surface area contributed by atoms with Crippen LogP contribution in [0.4, 0.5) is 10.1 Å². The van der Waals surface area contributed by atoms with Crippen molar-refractivity contribution in [1.82, 2.24) is 4.90 Å². The first kappa shape index (κ1) is 14.3. The Hall–Kier alpha value is -0.610. The second-order valence-corrected chi connectivity index (χ2v) is 6.91. The van der Waals surface area contributed by atoms with E-state index in [4.69, 9.17) is 0 Å². The van der Waals surface area contributed by atoms with E-state index >= 15 is 0 Å². The monoisotopic (exact) mass is 340 g/mol. The number of hydrogen-bond donors (Lipinski definition) is 0. The van der Waals surface area contributed by atoms with Crippen molar-refractivity contribution in [3.63, 3.8) is 0 Å². The van der Waals surface area contributed by atoms with Gasteiger partial charge in [0.15, 0.2) is 0 Å². The fourth-order valence-corrected chi connectivity index (χ4v) is 4.01. The van der Waals surface area contributed by atoms with E-state index in [2.05, 4.69) is 32.7 Å². The maximum Gasteiger partial charge on any atom is 0.137 e. The lowest BCUT2D eigenvalue weighted by molar-refractivity contribution is 0.194. The topological polar surface area (TPSA) is 6.48 Å². The Bertz CT molecular complexity index is 505. The summed E-state index contributed by atoms with van der Waals surface area (Å²) >= 11 is 3.33.